The highest BCUT2D eigenvalue weighted by Gasteiger charge is 2.33. The average Bonchev–Trinajstić information content (AvgIpc) is 2.94. The zero-order valence-electron chi connectivity index (χ0n) is 23.4. The Morgan fingerprint density at radius 1 is 0.886 bits per heavy atom. The Bertz CT molecular complexity index is 1260. The topological polar surface area (TPSA) is 110 Å². The van der Waals surface area contributed by atoms with E-state index in [1.54, 1.807) is 0 Å². The number of urea groups is 1. The van der Waals surface area contributed by atoms with Crippen LogP contribution in [0.4, 0.5) is 36.8 Å². The van der Waals surface area contributed by atoms with E-state index < -0.39 is 36.2 Å². The van der Waals surface area contributed by atoms with E-state index in [4.69, 9.17) is 9.47 Å². The van der Waals surface area contributed by atoms with E-state index in [0.29, 0.717) is 58.5 Å². The van der Waals surface area contributed by atoms with Crippen LogP contribution < -0.4 is 30.2 Å². The molecule has 1 saturated carbocycles. The van der Waals surface area contributed by atoms with Crippen molar-refractivity contribution in [3.8, 4) is 17.2 Å². The van der Waals surface area contributed by atoms with Crippen LogP contribution in [0, 0.1) is 0 Å². The quantitative estimate of drug-likeness (QED) is 0.314. The molecule has 1 aliphatic heterocycles. The Kier molecular flexibility index (Phi) is 11.0. The molecule has 44 heavy (non-hydrogen) atoms. The van der Waals surface area contributed by atoms with E-state index in [1.165, 1.54) is 18.2 Å². The lowest BCUT2D eigenvalue weighted by atomic mass is 9.93. The average molecular weight is 635 g/mol. The molecule has 4 rings (SSSR count). The van der Waals surface area contributed by atoms with Gasteiger partial charge in [0.1, 0.15) is 17.2 Å². The molecule has 0 bridgehead atoms. The van der Waals surface area contributed by atoms with Crippen molar-refractivity contribution in [1.29, 1.82) is 0 Å². The standard InChI is InChI=1S/C28H32F6N4O6/c29-27(30,31)43-21-3-1-2-19(16-21)37-26(40)36-18-4-6-20(7-5-18)42-24-9-8-22(44-28(32,33)34)17-23(24)25(39)35-10-11-38-12-14-41-15-13-38/h1-3,8-9,16-18,20H,4-7,10-15H2,(H,35,39)(H2,36,37,40). The molecule has 1 aliphatic carbocycles. The van der Waals surface area contributed by atoms with Crippen molar-refractivity contribution < 1.29 is 54.9 Å². The van der Waals surface area contributed by atoms with Gasteiger partial charge >= 0.3 is 18.8 Å². The fraction of sp³-hybridized carbons (Fsp3) is 0.500. The first-order valence-corrected chi connectivity index (χ1v) is 13.9. The maximum atomic E-state index is 13.0. The second-order valence-corrected chi connectivity index (χ2v) is 10.2. The first-order chi connectivity index (χ1) is 20.8. The number of benzene rings is 2. The minimum absolute atomic E-state index is 0.0958. The summed E-state index contributed by atoms with van der Waals surface area (Å²) >= 11 is 0. The van der Waals surface area contributed by atoms with E-state index in [-0.39, 0.29) is 35.7 Å². The Labute approximate surface area is 248 Å². The van der Waals surface area contributed by atoms with Gasteiger partial charge in [0.2, 0.25) is 0 Å². The molecule has 0 spiro atoms. The molecule has 0 unspecified atom stereocenters. The number of hydrogen-bond donors (Lipinski definition) is 3. The summed E-state index contributed by atoms with van der Waals surface area (Å²) in [5.41, 5.74) is 0.0000524. The Balaban J connectivity index is 1.30. The lowest BCUT2D eigenvalue weighted by Gasteiger charge is -2.30. The molecule has 0 aromatic heterocycles. The molecular weight excluding hydrogens is 602 g/mol. The van der Waals surface area contributed by atoms with Gasteiger partial charge in [0, 0.05) is 44.0 Å². The van der Waals surface area contributed by atoms with Crippen LogP contribution in [0.25, 0.3) is 0 Å². The van der Waals surface area contributed by atoms with Gasteiger partial charge in [0.15, 0.2) is 0 Å². The molecule has 1 saturated heterocycles. The van der Waals surface area contributed by atoms with E-state index >= 15 is 0 Å². The summed E-state index contributed by atoms with van der Waals surface area (Å²) in [4.78, 5) is 27.5. The van der Waals surface area contributed by atoms with Crippen molar-refractivity contribution in [1.82, 2.24) is 15.5 Å². The summed E-state index contributed by atoms with van der Waals surface area (Å²) in [7, 11) is 0. The number of carbonyl (C=O) groups excluding carboxylic acids is 2. The summed E-state index contributed by atoms with van der Waals surface area (Å²) in [6, 6.07) is 7.29. The summed E-state index contributed by atoms with van der Waals surface area (Å²) in [5.74, 6) is -1.55. The second-order valence-electron chi connectivity index (χ2n) is 10.2. The van der Waals surface area contributed by atoms with Crippen LogP contribution in [-0.4, -0.2) is 81.1 Å². The summed E-state index contributed by atoms with van der Waals surface area (Å²) in [6.45, 7) is 3.40. The zero-order valence-corrected chi connectivity index (χ0v) is 23.4. The highest BCUT2D eigenvalue weighted by Crippen LogP contribution is 2.32. The van der Waals surface area contributed by atoms with Crippen molar-refractivity contribution >= 4 is 17.6 Å². The molecule has 1 heterocycles. The molecule has 16 heteroatoms. The highest BCUT2D eigenvalue weighted by atomic mass is 19.4. The van der Waals surface area contributed by atoms with Crippen LogP contribution in [0.15, 0.2) is 42.5 Å². The van der Waals surface area contributed by atoms with Crippen LogP contribution in [-0.2, 0) is 4.74 Å². The molecule has 2 aliphatic rings. The number of carbonyl (C=O) groups is 2. The summed E-state index contributed by atoms with van der Waals surface area (Å²) in [5, 5.41) is 7.95. The molecule has 10 nitrogen and oxygen atoms in total. The molecule has 3 N–H and O–H groups in total. The predicted molar refractivity (Wildman–Crippen MR) is 145 cm³/mol. The number of halogens is 6. The SMILES string of the molecule is O=C(Nc1cccc(OC(F)(F)F)c1)NC1CCC(Oc2ccc(OC(F)(F)F)cc2C(=O)NCCN2CCOCC2)CC1. The molecule has 2 aromatic rings. The number of anilines is 1. The normalized spacial score (nSPS) is 19.5. The van der Waals surface area contributed by atoms with Gasteiger partial charge < -0.3 is 34.9 Å². The lowest BCUT2D eigenvalue weighted by molar-refractivity contribution is -0.275. The lowest BCUT2D eigenvalue weighted by Crippen LogP contribution is -2.42. The predicted octanol–water partition coefficient (Wildman–Crippen LogP) is 5.06. The van der Waals surface area contributed by atoms with Gasteiger partial charge in [-0.1, -0.05) is 6.07 Å². The molecule has 2 aromatic carbocycles. The number of morpholine rings is 1. The number of nitrogens with zero attached hydrogens (tertiary/aromatic N) is 1. The third-order valence-electron chi connectivity index (χ3n) is 6.88. The Morgan fingerprint density at radius 3 is 2.20 bits per heavy atom. The van der Waals surface area contributed by atoms with Crippen molar-refractivity contribution in [3.05, 3.63) is 48.0 Å². The highest BCUT2D eigenvalue weighted by molar-refractivity contribution is 5.97. The summed E-state index contributed by atoms with van der Waals surface area (Å²) in [6.07, 6.45) is -8.33. The van der Waals surface area contributed by atoms with E-state index in [1.807, 2.05) is 0 Å². The maximum Gasteiger partial charge on any atom is 0.573 e. The fourth-order valence-corrected chi connectivity index (χ4v) is 4.86. The smallest absolute Gasteiger partial charge is 0.490 e. The second kappa shape index (κ2) is 14.7. The number of nitrogens with one attached hydrogen (secondary N) is 3. The third-order valence-corrected chi connectivity index (χ3v) is 6.88. The Hall–Kier alpha value is -3.92. The van der Waals surface area contributed by atoms with Gasteiger partial charge in [-0.05, 0) is 56.0 Å². The molecule has 0 radical (unpaired) electrons. The number of amides is 3. The molecular formula is C28H32F6N4O6. The number of alkyl halides is 6. The van der Waals surface area contributed by atoms with Crippen molar-refractivity contribution in [2.75, 3.05) is 44.7 Å². The van der Waals surface area contributed by atoms with Gasteiger partial charge in [0.05, 0.1) is 24.9 Å². The third kappa shape index (κ3) is 11.0. The molecule has 2 fully saturated rings. The zero-order chi connectivity index (χ0) is 31.7. The van der Waals surface area contributed by atoms with Crippen LogP contribution in [0.1, 0.15) is 36.0 Å². The van der Waals surface area contributed by atoms with Gasteiger partial charge in [-0.3, -0.25) is 9.69 Å². The molecule has 0 atom stereocenters. The largest absolute Gasteiger partial charge is 0.573 e. The monoisotopic (exact) mass is 634 g/mol. The van der Waals surface area contributed by atoms with E-state index in [2.05, 4.69) is 30.3 Å². The van der Waals surface area contributed by atoms with Crippen LogP contribution >= 0.6 is 0 Å². The van der Waals surface area contributed by atoms with Crippen LogP contribution in [0.3, 0.4) is 0 Å². The van der Waals surface area contributed by atoms with Crippen molar-refractivity contribution in [2.24, 2.45) is 0 Å². The first kappa shape index (κ1) is 33.0. The minimum Gasteiger partial charge on any atom is -0.490 e. The van der Waals surface area contributed by atoms with E-state index in [9.17, 15) is 35.9 Å². The van der Waals surface area contributed by atoms with Gasteiger partial charge in [-0.15, -0.1) is 26.3 Å². The number of hydrogen-bond acceptors (Lipinski definition) is 7. The molecule has 3 amide bonds. The van der Waals surface area contributed by atoms with Crippen LogP contribution in [0.5, 0.6) is 17.2 Å². The van der Waals surface area contributed by atoms with Crippen LogP contribution in [0.2, 0.25) is 0 Å². The number of rotatable bonds is 10. The fourth-order valence-electron chi connectivity index (χ4n) is 4.86. The maximum absolute atomic E-state index is 13.0. The van der Waals surface area contributed by atoms with E-state index in [0.717, 1.165) is 24.3 Å². The summed E-state index contributed by atoms with van der Waals surface area (Å²) < 4.78 is 95.1. The first-order valence-electron chi connectivity index (χ1n) is 13.9. The number of ether oxygens (including phenoxy) is 4. The Morgan fingerprint density at radius 2 is 1.55 bits per heavy atom. The van der Waals surface area contributed by atoms with Gasteiger partial charge in [-0.25, -0.2) is 4.79 Å². The molecule has 242 valence electrons. The van der Waals surface area contributed by atoms with Gasteiger partial charge in [0.25, 0.3) is 5.91 Å². The van der Waals surface area contributed by atoms with Crippen molar-refractivity contribution in [2.45, 2.75) is 50.6 Å². The van der Waals surface area contributed by atoms with Gasteiger partial charge in [-0.2, -0.15) is 0 Å². The minimum atomic E-state index is -4.94. The van der Waals surface area contributed by atoms with Crippen molar-refractivity contribution in [3.63, 3.8) is 0 Å².